The number of hydrogen-bond donors (Lipinski definition) is 2. The topological polar surface area (TPSA) is 109 Å². The number of carbonyl (C=O) groups excluding carboxylic acids is 2. The number of aromatic amines is 1. The molecule has 184 valence electrons. The number of carbonyl (C=O) groups is 2. The van der Waals surface area contributed by atoms with Crippen LogP contribution in [0.25, 0.3) is 0 Å². The van der Waals surface area contributed by atoms with E-state index in [0.29, 0.717) is 24.2 Å². The second-order valence-electron chi connectivity index (χ2n) is 9.13. The van der Waals surface area contributed by atoms with E-state index in [2.05, 4.69) is 22.4 Å². The molecule has 34 heavy (non-hydrogen) atoms. The van der Waals surface area contributed by atoms with Crippen LogP contribution in [0.4, 0.5) is 0 Å². The van der Waals surface area contributed by atoms with Gasteiger partial charge in [-0.25, -0.2) is 13.2 Å². The highest BCUT2D eigenvalue weighted by Crippen LogP contribution is 2.32. The molecule has 1 aliphatic heterocycles. The molecule has 1 aromatic heterocycles. The molecule has 0 bridgehead atoms. The second kappa shape index (κ2) is 9.92. The minimum atomic E-state index is -3.91. The van der Waals surface area contributed by atoms with E-state index in [9.17, 15) is 18.0 Å². The lowest BCUT2D eigenvalue weighted by Crippen LogP contribution is -2.44. The Labute approximate surface area is 201 Å². The summed E-state index contributed by atoms with van der Waals surface area (Å²) in [4.78, 5) is 28.4. The number of nitrogens with zero attached hydrogens (tertiary/aromatic N) is 1. The number of sulfonamides is 1. The van der Waals surface area contributed by atoms with E-state index >= 15 is 0 Å². The summed E-state index contributed by atoms with van der Waals surface area (Å²) in [5.74, 6) is -0.899. The van der Waals surface area contributed by atoms with E-state index in [1.807, 2.05) is 12.1 Å². The van der Waals surface area contributed by atoms with Gasteiger partial charge in [0.15, 0.2) is 0 Å². The molecule has 2 aromatic rings. The number of amides is 1. The van der Waals surface area contributed by atoms with Gasteiger partial charge in [0.25, 0.3) is 0 Å². The van der Waals surface area contributed by atoms with E-state index in [4.69, 9.17) is 4.74 Å². The van der Waals surface area contributed by atoms with Crippen molar-refractivity contribution in [2.24, 2.45) is 5.92 Å². The van der Waals surface area contributed by atoms with Crippen molar-refractivity contribution < 1.29 is 22.7 Å². The van der Waals surface area contributed by atoms with Crippen LogP contribution in [0.2, 0.25) is 0 Å². The van der Waals surface area contributed by atoms with E-state index in [-0.39, 0.29) is 48.0 Å². The Bertz CT molecular complexity index is 1180. The zero-order valence-corrected chi connectivity index (χ0v) is 20.8. The summed E-state index contributed by atoms with van der Waals surface area (Å²) >= 11 is 0. The van der Waals surface area contributed by atoms with Gasteiger partial charge in [0.1, 0.15) is 10.5 Å². The maximum absolute atomic E-state index is 13.5. The molecule has 0 unspecified atom stereocenters. The van der Waals surface area contributed by atoms with Gasteiger partial charge >= 0.3 is 5.97 Å². The smallest absolute Gasteiger partial charge is 0.341 e. The molecule has 1 aliphatic carbocycles. The third kappa shape index (κ3) is 4.63. The van der Waals surface area contributed by atoms with Crippen molar-refractivity contribution in [3.05, 3.63) is 52.3 Å². The number of ether oxygens (including phenoxy) is 1. The zero-order valence-electron chi connectivity index (χ0n) is 20.0. The summed E-state index contributed by atoms with van der Waals surface area (Å²) in [6, 6.07) is 8.24. The van der Waals surface area contributed by atoms with Gasteiger partial charge in [-0.1, -0.05) is 24.3 Å². The monoisotopic (exact) mass is 487 g/mol. The average Bonchev–Trinajstić information content (AvgIpc) is 3.14. The van der Waals surface area contributed by atoms with Crippen molar-refractivity contribution in [2.45, 2.75) is 63.8 Å². The highest BCUT2D eigenvalue weighted by atomic mass is 32.2. The van der Waals surface area contributed by atoms with Crippen LogP contribution >= 0.6 is 0 Å². The Kier molecular flexibility index (Phi) is 7.14. The third-order valence-electron chi connectivity index (χ3n) is 6.91. The first-order valence-corrected chi connectivity index (χ1v) is 13.4. The molecule has 8 nitrogen and oxygen atoms in total. The van der Waals surface area contributed by atoms with Crippen molar-refractivity contribution in [1.82, 2.24) is 14.6 Å². The molecular weight excluding hydrogens is 454 g/mol. The maximum Gasteiger partial charge on any atom is 0.341 e. The van der Waals surface area contributed by atoms with Crippen LogP contribution < -0.4 is 5.32 Å². The Morgan fingerprint density at radius 1 is 1.12 bits per heavy atom. The number of esters is 1. The molecule has 2 aliphatic rings. The lowest BCUT2D eigenvalue weighted by molar-refractivity contribution is -0.127. The molecule has 1 amide bonds. The van der Waals surface area contributed by atoms with Gasteiger partial charge in [-0.05, 0) is 64.0 Å². The van der Waals surface area contributed by atoms with E-state index < -0.39 is 16.0 Å². The molecule has 2 heterocycles. The molecule has 1 saturated heterocycles. The molecule has 1 fully saturated rings. The van der Waals surface area contributed by atoms with Crippen LogP contribution in [-0.2, 0) is 26.0 Å². The van der Waals surface area contributed by atoms with Crippen LogP contribution in [0.5, 0.6) is 0 Å². The fraction of sp³-hybridized carbons (Fsp3) is 0.520. The van der Waals surface area contributed by atoms with E-state index in [1.54, 1.807) is 20.8 Å². The molecular formula is C25H33N3O5S. The van der Waals surface area contributed by atoms with Gasteiger partial charge in [0.05, 0.1) is 12.6 Å². The molecule has 2 N–H and O–H groups in total. The van der Waals surface area contributed by atoms with Gasteiger partial charge in [-0.15, -0.1) is 0 Å². The SMILES string of the molecule is CCOC(=O)c1c(C)[nH]c(C)c1S(=O)(=O)N1CCC(C(=O)N[C@H]2CCCc3ccccc32)CC1. The van der Waals surface area contributed by atoms with Gasteiger partial charge in [-0.2, -0.15) is 4.31 Å². The van der Waals surface area contributed by atoms with Crippen LogP contribution in [0.1, 0.15) is 71.5 Å². The lowest BCUT2D eigenvalue weighted by Gasteiger charge is -2.33. The number of aromatic nitrogens is 1. The fourth-order valence-corrected chi connectivity index (χ4v) is 7.09. The molecule has 0 saturated carbocycles. The molecule has 9 heteroatoms. The Morgan fingerprint density at radius 2 is 1.82 bits per heavy atom. The number of H-pyrrole nitrogens is 1. The third-order valence-corrected chi connectivity index (χ3v) is 8.98. The summed E-state index contributed by atoms with van der Waals surface area (Å²) in [6.07, 6.45) is 3.87. The Hall–Kier alpha value is -2.65. The van der Waals surface area contributed by atoms with Crippen LogP contribution in [0.3, 0.4) is 0 Å². The predicted octanol–water partition coefficient (Wildman–Crippen LogP) is 3.40. The van der Waals surface area contributed by atoms with Crippen molar-refractivity contribution >= 4 is 21.9 Å². The van der Waals surface area contributed by atoms with Gasteiger partial charge in [-0.3, -0.25) is 4.79 Å². The molecule has 1 atom stereocenters. The Morgan fingerprint density at radius 3 is 2.53 bits per heavy atom. The molecule has 1 aromatic carbocycles. The van der Waals surface area contributed by atoms with Crippen molar-refractivity contribution in [3.8, 4) is 0 Å². The first-order chi connectivity index (χ1) is 16.2. The fourth-order valence-electron chi connectivity index (χ4n) is 5.21. The molecule has 4 rings (SSSR count). The average molecular weight is 488 g/mol. The molecule has 0 spiro atoms. The number of piperidine rings is 1. The normalized spacial score (nSPS) is 19.4. The number of hydrogen-bond acceptors (Lipinski definition) is 5. The molecule has 0 radical (unpaired) electrons. The lowest BCUT2D eigenvalue weighted by atomic mass is 9.87. The van der Waals surface area contributed by atoms with E-state index in [0.717, 1.165) is 19.3 Å². The number of rotatable bonds is 6. The predicted molar refractivity (Wildman–Crippen MR) is 128 cm³/mol. The van der Waals surface area contributed by atoms with Gasteiger partial charge < -0.3 is 15.0 Å². The standard InChI is InChI=1S/C25H33N3O5S/c1-4-33-25(30)22-16(2)26-17(3)23(22)34(31,32)28-14-12-19(13-15-28)24(29)27-21-11-7-9-18-8-5-6-10-20(18)21/h5-6,8,10,19,21,26H,4,7,9,11-15H2,1-3H3,(H,27,29)/t21-/m0/s1. The quantitative estimate of drug-likeness (QED) is 0.607. The van der Waals surface area contributed by atoms with Crippen molar-refractivity contribution in [3.63, 3.8) is 0 Å². The first kappa shape index (κ1) is 24.5. The first-order valence-electron chi connectivity index (χ1n) is 12.0. The minimum Gasteiger partial charge on any atom is -0.462 e. The Balaban J connectivity index is 1.44. The highest BCUT2D eigenvalue weighted by Gasteiger charge is 2.37. The number of nitrogens with one attached hydrogen (secondary N) is 2. The van der Waals surface area contributed by atoms with Gasteiger partial charge in [0, 0.05) is 30.4 Å². The van der Waals surface area contributed by atoms with Crippen LogP contribution in [0.15, 0.2) is 29.2 Å². The highest BCUT2D eigenvalue weighted by molar-refractivity contribution is 7.89. The maximum atomic E-state index is 13.5. The summed E-state index contributed by atoms with van der Waals surface area (Å²) in [5.41, 5.74) is 3.42. The summed E-state index contributed by atoms with van der Waals surface area (Å²) in [5, 5.41) is 3.21. The summed E-state index contributed by atoms with van der Waals surface area (Å²) in [7, 11) is -3.91. The summed E-state index contributed by atoms with van der Waals surface area (Å²) < 4.78 is 33.4. The minimum absolute atomic E-state index is 0.0110. The van der Waals surface area contributed by atoms with Crippen molar-refractivity contribution in [1.29, 1.82) is 0 Å². The summed E-state index contributed by atoms with van der Waals surface area (Å²) in [6.45, 7) is 5.61. The van der Waals surface area contributed by atoms with Crippen LogP contribution in [-0.4, -0.2) is 49.3 Å². The second-order valence-corrected chi connectivity index (χ2v) is 11.0. The largest absolute Gasteiger partial charge is 0.462 e. The number of aryl methyl sites for hydroxylation is 3. The zero-order chi connectivity index (χ0) is 24.5. The number of fused-ring (bicyclic) bond motifs is 1. The van der Waals surface area contributed by atoms with Gasteiger partial charge in [0.2, 0.25) is 15.9 Å². The number of benzene rings is 1. The van der Waals surface area contributed by atoms with Crippen LogP contribution in [0, 0.1) is 19.8 Å². The van der Waals surface area contributed by atoms with Crippen molar-refractivity contribution in [2.75, 3.05) is 19.7 Å². The van der Waals surface area contributed by atoms with E-state index in [1.165, 1.54) is 15.4 Å².